The Morgan fingerprint density at radius 3 is 2.50 bits per heavy atom. The van der Waals surface area contributed by atoms with Gasteiger partial charge < -0.3 is 15.1 Å². The molecule has 2 aliphatic rings. The van der Waals surface area contributed by atoms with Crippen LogP contribution in [0, 0.1) is 24.6 Å². The summed E-state index contributed by atoms with van der Waals surface area (Å²) in [5.74, 6) is -1.27. The molecule has 140 valence electrons. The number of carbonyl (C=O) groups excluding carboxylic acids is 3. The Morgan fingerprint density at radius 2 is 1.88 bits per heavy atom. The van der Waals surface area contributed by atoms with Gasteiger partial charge in [0.1, 0.15) is 5.82 Å². The standard InChI is InChI=1S/C19H24FN3O3/c1-12-3-4-16(15(20)9-12)23-11-14(10-17(23)24)19(26)22-7-5-13(6-8-22)18(25)21-2/h3-4,9,13-14H,5-8,10-11H2,1-2H3,(H,21,25). The maximum Gasteiger partial charge on any atom is 0.228 e. The third-order valence-electron chi connectivity index (χ3n) is 5.29. The highest BCUT2D eigenvalue weighted by Crippen LogP contribution is 2.30. The first-order chi connectivity index (χ1) is 12.4. The molecule has 26 heavy (non-hydrogen) atoms. The van der Waals surface area contributed by atoms with Crippen molar-refractivity contribution < 1.29 is 18.8 Å². The Kier molecular flexibility index (Phi) is 5.25. The van der Waals surface area contributed by atoms with Crippen molar-refractivity contribution in [1.29, 1.82) is 0 Å². The van der Waals surface area contributed by atoms with Crippen LogP contribution >= 0.6 is 0 Å². The van der Waals surface area contributed by atoms with Crippen LogP contribution in [0.5, 0.6) is 0 Å². The number of nitrogens with one attached hydrogen (secondary N) is 1. The van der Waals surface area contributed by atoms with Crippen LogP contribution < -0.4 is 10.2 Å². The molecule has 1 aromatic carbocycles. The second-order valence-electron chi connectivity index (χ2n) is 7.07. The summed E-state index contributed by atoms with van der Waals surface area (Å²) in [6.07, 6.45) is 1.35. The van der Waals surface area contributed by atoms with Gasteiger partial charge in [-0.3, -0.25) is 14.4 Å². The number of nitrogens with zero attached hydrogens (tertiary/aromatic N) is 2. The summed E-state index contributed by atoms with van der Waals surface area (Å²) >= 11 is 0. The first-order valence-corrected chi connectivity index (χ1v) is 8.97. The lowest BCUT2D eigenvalue weighted by atomic mass is 9.94. The van der Waals surface area contributed by atoms with E-state index in [4.69, 9.17) is 0 Å². The first-order valence-electron chi connectivity index (χ1n) is 8.97. The highest BCUT2D eigenvalue weighted by atomic mass is 19.1. The fourth-order valence-electron chi connectivity index (χ4n) is 3.76. The number of amides is 3. The van der Waals surface area contributed by atoms with Crippen LogP contribution in [0.15, 0.2) is 18.2 Å². The largest absolute Gasteiger partial charge is 0.359 e. The molecule has 0 spiro atoms. The molecule has 0 radical (unpaired) electrons. The number of hydrogen-bond donors (Lipinski definition) is 1. The van der Waals surface area contributed by atoms with Crippen LogP contribution in [0.4, 0.5) is 10.1 Å². The average molecular weight is 361 g/mol. The van der Waals surface area contributed by atoms with E-state index < -0.39 is 11.7 Å². The summed E-state index contributed by atoms with van der Waals surface area (Å²) in [5.41, 5.74) is 1.01. The molecule has 0 bridgehead atoms. The van der Waals surface area contributed by atoms with E-state index in [0.717, 1.165) is 5.56 Å². The molecule has 2 aliphatic heterocycles. The van der Waals surface area contributed by atoms with Gasteiger partial charge in [0.2, 0.25) is 17.7 Å². The Labute approximate surface area is 152 Å². The zero-order valence-electron chi connectivity index (χ0n) is 15.1. The normalized spacial score (nSPS) is 21.2. The number of hydrogen-bond acceptors (Lipinski definition) is 3. The van der Waals surface area contributed by atoms with Gasteiger partial charge >= 0.3 is 0 Å². The van der Waals surface area contributed by atoms with Crippen LogP contribution in [-0.4, -0.2) is 49.3 Å². The van der Waals surface area contributed by atoms with Crippen molar-refractivity contribution in [2.45, 2.75) is 26.2 Å². The van der Waals surface area contributed by atoms with Crippen LogP contribution in [0.1, 0.15) is 24.8 Å². The van der Waals surface area contributed by atoms with E-state index in [1.807, 2.05) is 0 Å². The molecule has 1 N–H and O–H groups in total. The molecule has 1 atom stereocenters. The lowest BCUT2D eigenvalue weighted by Crippen LogP contribution is -2.45. The van der Waals surface area contributed by atoms with E-state index in [0.29, 0.717) is 25.9 Å². The Morgan fingerprint density at radius 1 is 1.19 bits per heavy atom. The summed E-state index contributed by atoms with van der Waals surface area (Å²) in [6, 6.07) is 4.73. The average Bonchev–Trinajstić information content (AvgIpc) is 3.02. The number of piperidine rings is 1. The third-order valence-corrected chi connectivity index (χ3v) is 5.29. The Bertz CT molecular complexity index is 729. The Balaban J connectivity index is 1.63. The van der Waals surface area contributed by atoms with Gasteiger partial charge in [0, 0.05) is 39.0 Å². The molecule has 2 heterocycles. The molecule has 3 amide bonds. The topological polar surface area (TPSA) is 69.7 Å². The van der Waals surface area contributed by atoms with Gasteiger partial charge in [0.25, 0.3) is 0 Å². The van der Waals surface area contributed by atoms with Crippen LogP contribution in [-0.2, 0) is 14.4 Å². The number of carbonyl (C=O) groups is 3. The first kappa shape index (κ1) is 18.4. The van der Waals surface area contributed by atoms with Crippen LogP contribution in [0.3, 0.4) is 0 Å². The number of likely N-dealkylation sites (tertiary alicyclic amines) is 1. The van der Waals surface area contributed by atoms with Crippen molar-refractivity contribution >= 4 is 23.4 Å². The summed E-state index contributed by atoms with van der Waals surface area (Å²) in [7, 11) is 1.61. The van der Waals surface area contributed by atoms with Gasteiger partial charge in [-0.2, -0.15) is 0 Å². The van der Waals surface area contributed by atoms with Crippen molar-refractivity contribution in [2.75, 3.05) is 31.6 Å². The molecule has 6 nitrogen and oxygen atoms in total. The predicted molar refractivity (Wildman–Crippen MR) is 95.0 cm³/mol. The second-order valence-corrected chi connectivity index (χ2v) is 7.07. The summed E-state index contributed by atoms with van der Waals surface area (Å²) in [4.78, 5) is 39.9. The predicted octanol–water partition coefficient (Wildman–Crippen LogP) is 1.47. The molecule has 0 aromatic heterocycles. The van der Waals surface area contributed by atoms with Gasteiger partial charge in [-0.1, -0.05) is 6.07 Å². The fraction of sp³-hybridized carbons (Fsp3) is 0.526. The number of aryl methyl sites for hydroxylation is 1. The molecule has 1 unspecified atom stereocenters. The third kappa shape index (κ3) is 3.57. The lowest BCUT2D eigenvalue weighted by molar-refractivity contribution is -0.139. The molecule has 2 saturated heterocycles. The van der Waals surface area contributed by atoms with Gasteiger partial charge in [0.05, 0.1) is 11.6 Å². The number of halogens is 1. The molecule has 0 saturated carbocycles. The van der Waals surface area contributed by atoms with E-state index in [1.165, 1.54) is 11.0 Å². The molecule has 7 heteroatoms. The van der Waals surface area contributed by atoms with E-state index in [1.54, 1.807) is 31.0 Å². The van der Waals surface area contributed by atoms with Crippen LogP contribution in [0.25, 0.3) is 0 Å². The van der Waals surface area contributed by atoms with E-state index >= 15 is 0 Å². The van der Waals surface area contributed by atoms with E-state index in [2.05, 4.69) is 5.32 Å². The van der Waals surface area contributed by atoms with E-state index in [-0.39, 0.29) is 42.3 Å². The van der Waals surface area contributed by atoms with Gasteiger partial charge in [-0.25, -0.2) is 4.39 Å². The maximum atomic E-state index is 14.2. The highest BCUT2D eigenvalue weighted by molar-refractivity contribution is 6.00. The summed E-state index contributed by atoms with van der Waals surface area (Å²) in [5, 5.41) is 2.64. The maximum absolute atomic E-state index is 14.2. The van der Waals surface area contributed by atoms with E-state index in [9.17, 15) is 18.8 Å². The SMILES string of the molecule is CNC(=O)C1CCN(C(=O)C2CC(=O)N(c3ccc(C)cc3F)C2)CC1. The van der Waals surface area contributed by atoms with Gasteiger partial charge in [-0.05, 0) is 37.5 Å². The van der Waals surface area contributed by atoms with Crippen molar-refractivity contribution in [3.8, 4) is 0 Å². The van der Waals surface area contributed by atoms with Crippen LogP contribution in [0.2, 0.25) is 0 Å². The van der Waals surface area contributed by atoms with Crippen molar-refractivity contribution in [3.05, 3.63) is 29.6 Å². The highest BCUT2D eigenvalue weighted by Gasteiger charge is 2.39. The molecule has 0 aliphatic carbocycles. The molecule has 2 fully saturated rings. The second kappa shape index (κ2) is 7.43. The fourth-order valence-corrected chi connectivity index (χ4v) is 3.76. The zero-order chi connectivity index (χ0) is 18.8. The molecule has 3 rings (SSSR count). The number of anilines is 1. The quantitative estimate of drug-likeness (QED) is 0.886. The zero-order valence-corrected chi connectivity index (χ0v) is 15.1. The molecular weight excluding hydrogens is 337 g/mol. The smallest absolute Gasteiger partial charge is 0.228 e. The minimum absolute atomic E-state index is 0.00849. The Hall–Kier alpha value is -2.44. The minimum atomic E-state index is -0.459. The van der Waals surface area contributed by atoms with Gasteiger partial charge in [0.15, 0.2) is 0 Å². The molecule has 1 aromatic rings. The summed E-state index contributed by atoms with van der Waals surface area (Å²) in [6.45, 7) is 3.02. The van der Waals surface area contributed by atoms with Crippen molar-refractivity contribution in [3.63, 3.8) is 0 Å². The monoisotopic (exact) mass is 361 g/mol. The lowest BCUT2D eigenvalue weighted by Gasteiger charge is -2.32. The van der Waals surface area contributed by atoms with Crippen molar-refractivity contribution in [2.24, 2.45) is 11.8 Å². The van der Waals surface area contributed by atoms with Gasteiger partial charge in [-0.15, -0.1) is 0 Å². The summed E-state index contributed by atoms with van der Waals surface area (Å²) < 4.78 is 14.2. The number of benzene rings is 1. The molecular formula is C19H24FN3O3. The number of rotatable bonds is 3. The van der Waals surface area contributed by atoms with Crippen molar-refractivity contribution in [1.82, 2.24) is 10.2 Å². The minimum Gasteiger partial charge on any atom is -0.359 e.